The van der Waals surface area contributed by atoms with E-state index in [0.717, 1.165) is 22.7 Å². The Morgan fingerprint density at radius 1 is 1.03 bits per heavy atom. The first-order valence-electron chi connectivity index (χ1n) is 11.7. The van der Waals surface area contributed by atoms with Gasteiger partial charge in [-0.1, -0.05) is 55.3 Å². The van der Waals surface area contributed by atoms with Crippen LogP contribution in [0.1, 0.15) is 18.2 Å². The highest BCUT2D eigenvalue weighted by Crippen LogP contribution is 2.33. The maximum Gasteiger partial charge on any atom is 0.435 e. The summed E-state index contributed by atoms with van der Waals surface area (Å²) < 4.78 is 77.6. The molecule has 39 heavy (non-hydrogen) atoms. The second-order valence-electron chi connectivity index (χ2n) is 8.72. The average Bonchev–Trinajstić information content (AvgIpc) is 3.36. The fourth-order valence-corrected chi connectivity index (χ4v) is 4.87. The zero-order valence-electron chi connectivity index (χ0n) is 20.6. The van der Waals surface area contributed by atoms with Crippen molar-refractivity contribution in [1.29, 1.82) is 0 Å². The van der Waals surface area contributed by atoms with Gasteiger partial charge in [0.15, 0.2) is 5.69 Å². The molecule has 0 aliphatic rings. The summed E-state index contributed by atoms with van der Waals surface area (Å²) in [5, 5.41) is 3.72. The molecule has 0 saturated carbocycles. The van der Waals surface area contributed by atoms with Gasteiger partial charge in [-0.05, 0) is 61.4 Å². The fourth-order valence-electron chi connectivity index (χ4n) is 3.79. The molecule has 1 aromatic heterocycles. The number of rotatable bonds is 10. The maximum atomic E-state index is 13.4. The lowest BCUT2D eigenvalue weighted by Gasteiger charge is -2.17. The van der Waals surface area contributed by atoms with E-state index in [9.17, 15) is 21.6 Å². The zero-order chi connectivity index (χ0) is 28.2. The second-order valence-corrected chi connectivity index (χ2v) is 10.7. The summed E-state index contributed by atoms with van der Waals surface area (Å²) in [6.45, 7) is 1.98. The molecule has 206 valence electrons. The molecule has 13 heteroatoms. The lowest BCUT2D eigenvalue weighted by Crippen LogP contribution is -2.45. The third kappa shape index (κ3) is 7.19. The van der Waals surface area contributed by atoms with Crippen molar-refractivity contribution in [3.63, 3.8) is 0 Å². The van der Waals surface area contributed by atoms with Crippen LogP contribution in [0.3, 0.4) is 0 Å². The largest absolute Gasteiger partial charge is 0.462 e. The first kappa shape index (κ1) is 28.6. The Labute approximate surface area is 229 Å². The van der Waals surface area contributed by atoms with Gasteiger partial charge in [-0.25, -0.2) is 13.1 Å². The van der Waals surface area contributed by atoms with Crippen molar-refractivity contribution < 1.29 is 26.3 Å². The molecule has 2 atom stereocenters. The predicted molar refractivity (Wildman–Crippen MR) is 145 cm³/mol. The number of aromatic nitrogens is 2. The number of thiol groups is 1. The molecule has 8 nitrogen and oxygen atoms in total. The Morgan fingerprint density at radius 2 is 1.67 bits per heavy atom. The highest BCUT2D eigenvalue weighted by Gasteiger charge is 2.35. The molecule has 0 amide bonds. The van der Waals surface area contributed by atoms with Crippen LogP contribution in [-0.2, 0) is 22.6 Å². The summed E-state index contributed by atoms with van der Waals surface area (Å²) in [4.78, 5) is -0.154. The molecule has 0 fully saturated rings. The van der Waals surface area contributed by atoms with Gasteiger partial charge in [0.05, 0.1) is 16.3 Å². The van der Waals surface area contributed by atoms with E-state index in [1.807, 2.05) is 19.1 Å². The van der Waals surface area contributed by atoms with Crippen molar-refractivity contribution in [3.05, 3.63) is 96.2 Å². The van der Waals surface area contributed by atoms with Gasteiger partial charge in [-0.3, -0.25) is 10.5 Å². The lowest BCUT2D eigenvalue weighted by molar-refractivity contribution is -0.141. The van der Waals surface area contributed by atoms with Gasteiger partial charge < -0.3 is 4.74 Å². The summed E-state index contributed by atoms with van der Waals surface area (Å²) in [6.07, 6.45) is -5.30. The molecular weight excluding hydrogens is 551 g/mol. The molecule has 4 rings (SSSR count). The van der Waals surface area contributed by atoms with Gasteiger partial charge >= 0.3 is 6.18 Å². The smallest absolute Gasteiger partial charge is 0.435 e. The molecule has 3 aromatic carbocycles. The second kappa shape index (κ2) is 11.8. The minimum Gasteiger partial charge on any atom is -0.462 e. The topological polar surface area (TPSA) is 111 Å². The van der Waals surface area contributed by atoms with Crippen molar-refractivity contribution in [2.24, 2.45) is 5.73 Å². The number of hydrogen-bond donors (Lipinski definition) is 4. The maximum absolute atomic E-state index is 13.4. The van der Waals surface area contributed by atoms with E-state index >= 15 is 0 Å². The van der Waals surface area contributed by atoms with Crippen LogP contribution in [0.5, 0.6) is 5.75 Å². The van der Waals surface area contributed by atoms with Gasteiger partial charge in [-0.15, -0.1) is 0 Å². The molecule has 0 aliphatic heterocycles. The minimum atomic E-state index is -4.65. The quantitative estimate of drug-likeness (QED) is 0.163. The number of halogens is 3. The van der Waals surface area contributed by atoms with Crippen LogP contribution in [0.25, 0.3) is 16.9 Å². The van der Waals surface area contributed by atoms with Gasteiger partial charge in [0.2, 0.25) is 16.4 Å². The first-order chi connectivity index (χ1) is 18.5. The Kier molecular flexibility index (Phi) is 8.67. The highest BCUT2D eigenvalue weighted by molar-refractivity contribution is 7.89. The summed E-state index contributed by atoms with van der Waals surface area (Å²) >= 11 is 4.03. The van der Waals surface area contributed by atoms with E-state index < -0.39 is 28.2 Å². The average molecular weight is 578 g/mol. The summed E-state index contributed by atoms with van der Waals surface area (Å²) in [7, 11) is -4.11. The van der Waals surface area contributed by atoms with Crippen molar-refractivity contribution in [3.8, 4) is 22.7 Å². The Balaban J connectivity index is 1.50. The number of alkyl halides is 3. The molecule has 1 heterocycles. The number of sulfonamides is 1. The highest BCUT2D eigenvalue weighted by atomic mass is 32.2. The Bertz CT molecular complexity index is 1490. The van der Waals surface area contributed by atoms with E-state index in [4.69, 9.17) is 10.5 Å². The first-order valence-corrected chi connectivity index (χ1v) is 13.7. The van der Waals surface area contributed by atoms with Crippen molar-refractivity contribution in [1.82, 2.24) is 19.2 Å². The van der Waals surface area contributed by atoms with Gasteiger partial charge in [0.25, 0.3) is 0 Å². The number of nitrogens with two attached hydrogens (primary N) is 1. The lowest BCUT2D eigenvalue weighted by atomic mass is 10.1. The molecule has 4 N–H and O–H groups in total. The van der Waals surface area contributed by atoms with Gasteiger partial charge in [0, 0.05) is 11.6 Å². The number of hydrogen-bond acceptors (Lipinski definition) is 7. The Hall–Kier alpha value is -3.36. The number of ether oxygens (including phenoxy) is 1. The van der Waals surface area contributed by atoms with Gasteiger partial charge in [0.1, 0.15) is 5.75 Å². The van der Waals surface area contributed by atoms with Crippen molar-refractivity contribution >= 4 is 22.8 Å². The monoisotopic (exact) mass is 577 g/mol. The normalized spacial score (nSPS) is 13.7. The Morgan fingerprint density at radius 3 is 2.26 bits per heavy atom. The van der Waals surface area contributed by atoms with Crippen LogP contribution in [0.15, 0.2) is 89.8 Å². The molecule has 2 unspecified atom stereocenters. The molecule has 0 aliphatic carbocycles. The molecular formula is C26H26F3N5O3S2. The van der Waals surface area contributed by atoms with E-state index in [-0.39, 0.29) is 22.3 Å². The molecule has 0 bridgehead atoms. The summed E-state index contributed by atoms with van der Waals surface area (Å²) in [6, 6.07) is 21.8. The number of benzene rings is 3. The number of nitrogens with zero attached hydrogens (tertiary/aromatic N) is 2. The van der Waals surface area contributed by atoms with E-state index in [2.05, 4.69) is 27.4 Å². The molecule has 4 aromatic rings. The van der Waals surface area contributed by atoms with E-state index in [1.165, 1.54) is 24.3 Å². The zero-order valence-corrected chi connectivity index (χ0v) is 22.3. The van der Waals surface area contributed by atoms with Crippen LogP contribution in [-0.4, -0.2) is 30.6 Å². The van der Waals surface area contributed by atoms with Gasteiger partial charge in [-0.2, -0.15) is 23.0 Å². The standard InChI is InChI=1S/C26H26F3N5O3S2/c1-17(32-38)15-18-7-11-21(12-8-18)37-25(30)33-39(35,36)22-13-9-20(10-14-22)34-23(19-5-3-2-4-6-19)16-24(31-34)26(27,28)29/h2-14,16-17,25,32-33,38H,15,30H2,1H3. The molecule has 0 radical (unpaired) electrons. The van der Waals surface area contributed by atoms with Crippen LogP contribution >= 0.6 is 12.8 Å². The van der Waals surface area contributed by atoms with Crippen LogP contribution in [0, 0.1) is 0 Å². The molecule has 0 saturated heterocycles. The van der Waals surface area contributed by atoms with Crippen LogP contribution < -0.4 is 19.9 Å². The third-order valence-electron chi connectivity index (χ3n) is 5.68. The summed E-state index contributed by atoms with van der Waals surface area (Å²) in [5.41, 5.74) is 6.79. The third-order valence-corrected chi connectivity index (χ3v) is 7.56. The summed E-state index contributed by atoms with van der Waals surface area (Å²) in [5.74, 6) is 0.364. The van der Waals surface area contributed by atoms with Crippen LogP contribution in [0.4, 0.5) is 13.2 Å². The van der Waals surface area contributed by atoms with Crippen molar-refractivity contribution in [2.45, 2.75) is 36.8 Å². The van der Waals surface area contributed by atoms with E-state index in [1.54, 1.807) is 42.5 Å². The fraction of sp³-hybridized carbons (Fsp3) is 0.192. The minimum absolute atomic E-state index is 0.154. The van der Waals surface area contributed by atoms with Crippen molar-refractivity contribution in [2.75, 3.05) is 0 Å². The van der Waals surface area contributed by atoms with E-state index in [0.29, 0.717) is 11.3 Å². The molecule has 0 spiro atoms. The number of nitrogens with one attached hydrogen (secondary N) is 2. The predicted octanol–water partition coefficient (Wildman–Crippen LogP) is 4.52. The SMILES string of the molecule is CC(Cc1ccc(OC(N)NS(=O)(=O)c2ccc(-n3nc(C(F)(F)F)cc3-c3ccccc3)cc2)cc1)NS. The van der Waals surface area contributed by atoms with Crippen LogP contribution in [0.2, 0.25) is 0 Å².